The summed E-state index contributed by atoms with van der Waals surface area (Å²) in [5, 5.41) is 5.49. The van der Waals surface area contributed by atoms with E-state index in [9.17, 15) is 14.4 Å². The Morgan fingerprint density at radius 2 is 1.81 bits per heavy atom. The van der Waals surface area contributed by atoms with E-state index in [1.807, 2.05) is 45.9 Å². The third-order valence-corrected chi connectivity index (χ3v) is 5.08. The summed E-state index contributed by atoms with van der Waals surface area (Å²) in [4.78, 5) is 40.5. The second-order valence-corrected chi connectivity index (χ2v) is 9.38. The third-order valence-electron chi connectivity index (χ3n) is 4.71. The predicted octanol–water partition coefficient (Wildman–Crippen LogP) is 3.71. The van der Waals surface area contributed by atoms with E-state index < -0.39 is 29.7 Å². The molecule has 8 heteroatoms. The number of nitrogens with one attached hydrogen (secondary N) is 2. The van der Waals surface area contributed by atoms with Crippen molar-refractivity contribution in [2.24, 2.45) is 0 Å². The molecule has 3 amide bonds. The molecule has 2 N–H and O–H groups in total. The Labute approximate surface area is 197 Å². The minimum atomic E-state index is -0.979. The second kappa shape index (κ2) is 11.9. The minimum Gasteiger partial charge on any atom is -0.444 e. The SMILES string of the molecule is C=CCN(C(=O)C(CS)NC(=O)OC(C)(C)C)C(C(=O)NC(C)C)c1cccc(C)c1C. The lowest BCUT2D eigenvalue weighted by Crippen LogP contribution is -2.54. The molecule has 2 unspecified atom stereocenters. The van der Waals surface area contributed by atoms with E-state index in [1.54, 1.807) is 26.8 Å². The van der Waals surface area contributed by atoms with Crippen molar-refractivity contribution in [3.8, 4) is 0 Å². The molecule has 0 radical (unpaired) electrons. The van der Waals surface area contributed by atoms with Crippen LogP contribution in [-0.4, -0.2) is 52.8 Å². The van der Waals surface area contributed by atoms with Crippen LogP contribution in [0.1, 0.15) is 57.4 Å². The van der Waals surface area contributed by atoms with Gasteiger partial charge in [-0.3, -0.25) is 9.59 Å². The normalized spacial score (nSPS) is 13.2. The summed E-state index contributed by atoms with van der Waals surface area (Å²) in [6, 6.07) is 3.66. The monoisotopic (exact) mass is 463 g/mol. The van der Waals surface area contributed by atoms with Crippen molar-refractivity contribution in [2.45, 2.75) is 72.2 Å². The second-order valence-electron chi connectivity index (χ2n) is 9.02. The Bertz CT molecular complexity index is 833. The summed E-state index contributed by atoms with van der Waals surface area (Å²) in [5.41, 5.74) is 1.93. The Morgan fingerprint density at radius 3 is 2.31 bits per heavy atom. The number of benzene rings is 1. The van der Waals surface area contributed by atoms with Crippen LogP contribution in [0.3, 0.4) is 0 Å². The smallest absolute Gasteiger partial charge is 0.408 e. The van der Waals surface area contributed by atoms with E-state index >= 15 is 0 Å². The molecule has 0 saturated carbocycles. The molecule has 178 valence electrons. The molecule has 0 saturated heterocycles. The lowest BCUT2D eigenvalue weighted by Gasteiger charge is -2.34. The zero-order valence-corrected chi connectivity index (χ0v) is 21.1. The van der Waals surface area contributed by atoms with Crippen molar-refractivity contribution in [1.29, 1.82) is 0 Å². The quantitative estimate of drug-likeness (QED) is 0.385. The van der Waals surface area contributed by atoms with E-state index in [-0.39, 0.29) is 24.2 Å². The minimum absolute atomic E-state index is 0.0387. The molecule has 1 rings (SSSR count). The molecular weight excluding hydrogens is 426 g/mol. The average molecular weight is 464 g/mol. The molecule has 0 fully saturated rings. The fourth-order valence-corrected chi connectivity index (χ4v) is 3.43. The largest absolute Gasteiger partial charge is 0.444 e. The number of aryl methyl sites for hydroxylation is 1. The summed E-state index contributed by atoms with van der Waals surface area (Å²) in [6.45, 7) is 16.7. The first-order valence-electron chi connectivity index (χ1n) is 10.7. The van der Waals surface area contributed by atoms with Gasteiger partial charge in [-0.1, -0.05) is 24.3 Å². The molecule has 2 atom stereocenters. The van der Waals surface area contributed by atoms with Crippen molar-refractivity contribution in [2.75, 3.05) is 12.3 Å². The van der Waals surface area contributed by atoms with Crippen LogP contribution in [0.15, 0.2) is 30.9 Å². The third kappa shape index (κ3) is 7.89. The highest BCUT2D eigenvalue weighted by atomic mass is 32.1. The molecule has 0 heterocycles. The molecule has 1 aromatic rings. The number of rotatable bonds is 9. The molecule has 0 aliphatic carbocycles. The van der Waals surface area contributed by atoms with Crippen molar-refractivity contribution >= 4 is 30.5 Å². The highest BCUT2D eigenvalue weighted by molar-refractivity contribution is 7.80. The van der Waals surface area contributed by atoms with Crippen molar-refractivity contribution in [3.05, 3.63) is 47.5 Å². The van der Waals surface area contributed by atoms with Gasteiger partial charge in [-0.05, 0) is 65.2 Å². The first-order chi connectivity index (χ1) is 14.8. The van der Waals surface area contributed by atoms with E-state index in [0.717, 1.165) is 11.1 Å². The summed E-state index contributed by atoms with van der Waals surface area (Å²) in [5.74, 6) is -0.716. The Balaban J connectivity index is 3.41. The van der Waals surface area contributed by atoms with Gasteiger partial charge in [0.2, 0.25) is 11.8 Å². The number of carbonyl (C=O) groups is 3. The van der Waals surface area contributed by atoms with Crippen molar-refractivity contribution in [1.82, 2.24) is 15.5 Å². The van der Waals surface area contributed by atoms with Crippen LogP contribution in [0.4, 0.5) is 4.79 Å². The standard InChI is InChI=1S/C24H37N3O4S/c1-9-13-27(22(29)19(14-32)26-23(30)31-24(6,7)8)20(21(28)25-15(2)3)18-12-10-11-16(4)17(18)5/h9-12,15,19-20,32H,1,13-14H2,2-8H3,(H,25,28)(H,26,30). The van der Waals surface area contributed by atoms with Crippen LogP contribution < -0.4 is 10.6 Å². The highest BCUT2D eigenvalue weighted by Gasteiger charge is 2.36. The molecule has 32 heavy (non-hydrogen) atoms. The number of alkyl carbamates (subject to hydrolysis) is 1. The van der Waals surface area contributed by atoms with Crippen LogP contribution in [0.2, 0.25) is 0 Å². The molecule has 0 spiro atoms. The van der Waals surface area contributed by atoms with Gasteiger partial charge in [0.05, 0.1) is 0 Å². The number of hydrogen-bond acceptors (Lipinski definition) is 5. The van der Waals surface area contributed by atoms with Gasteiger partial charge in [0.15, 0.2) is 0 Å². The maximum atomic E-state index is 13.5. The van der Waals surface area contributed by atoms with Gasteiger partial charge in [0.1, 0.15) is 17.7 Å². The predicted molar refractivity (Wildman–Crippen MR) is 131 cm³/mol. The summed E-state index contributed by atoms with van der Waals surface area (Å²) in [7, 11) is 0. The van der Waals surface area contributed by atoms with Crippen LogP contribution in [0.5, 0.6) is 0 Å². The number of ether oxygens (including phenoxy) is 1. The average Bonchev–Trinajstić information content (AvgIpc) is 2.66. The number of carbonyl (C=O) groups excluding carboxylic acids is 3. The maximum Gasteiger partial charge on any atom is 0.408 e. The zero-order valence-electron chi connectivity index (χ0n) is 20.2. The molecule has 7 nitrogen and oxygen atoms in total. The first kappa shape index (κ1) is 27.6. The molecule has 0 aliphatic rings. The lowest BCUT2D eigenvalue weighted by atomic mass is 9.95. The van der Waals surface area contributed by atoms with Gasteiger partial charge in [-0.15, -0.1) is 6.58 Å². The Kier molecular flexibility index (Phi) is 10.3. The number of nitrogens with zero attached hydrogens (tertiary/aromatic N) is 1. The molecule has 0 bridgehead atoms. The first-order valence-corrected chi connectivity index (χ1v) is 11.3. The Morgan fingerprint density at radius 1 is 1.19 bits per heavy atom. The van der Waals surface area contributed by atoms with E-state index in [2.05, 4.69) is 29.8 Å². The maximum absolute atomic E-state index is 13.5. The van der Waals surface area contributed by atoms with Gasteiger partial charge in [0.25, 0.3) is 0 Å². The van der Waals surface area contributed by atoms with Crippen molar-refractivity contribution < 1.29 is 19.1 Å². The Hall–Kier alpha value is -2.48. The van der Waals surface area contributed by atoms with Crippen LogP contribution in [0, 0.1) is 13.8 Å². The summed E-state index contributed by atoms with van der Waals surface area (Å²) >= 11 is 4.26. The van der Waals surface area contributed by atoms with E-state index in [1.165, 1.54) is 4.90 Å². The van der Waals surface area contributed by atoms with Crippen molar-refractivity contribution in [3.63, 3.8) is 0 Å². The topological polar surface area (TPSA) is 87.7 Å². The fraction of sp³-hybridized carbons (Fsp3) is 0.542. The molecule has 0 aliphatic heterocycles. The van der Waals surface area contributed by atoms with E-state index in [0.29, 0.717) is 5.56 Å². The lowest BCUT2D eigenvalue weighted by molar-refractivity contribution is -0.141. The van der Waals surface area contributed by atoms with Gasteiger partial charge in [0, 0.05) is 18.3 Å². The van der Waals surface area contributed by atoms with Crippen LogP contribution >= 0.6 is 12.6 Å². The number of hydrogen-bond donors (Lipinski definition) is 3. The van der Waals surface area contributed by atoms with Gasteiger partial charge < -0.3 is 20.3 Å². The summed E-state index contributed by atoms with van der Waals surface area (Å²) in [6.07, 6.45) is 0.834. The number of thiol groups is 1. The summed E-state index contributed by atoms with van der Waals surface area (Å²) < 4.78 is 5.29. The number of amides is 3. The van der Waals surface area contributed by atoms with Gasteiger partial charge in [-0.25, -0.2) is 4.79 Å². The van der Waals surface area contributed by atoms with Crippen LogP contribution in [0.25, 0.3) is 0 Å². The van der Waals surface area contributed by atoms with E-state index in [4.69, 9.17) is 4.74 Å². The van der Waals surface area contributed by atoms with Crippen LogP contribution in [-0.2, 0) is 14.3 Å². The highest BCUT2D eigenvalue weighted by Crippen LogP contribution is 2.27. The molecule has 1 aromatic carbocycles. The fourth-order valence-electron chi connectivity index (χ4n) is 3.18. The van der Waals surface area contributed by atoms with Gasteiger partial charge >= 0.3 is 6.09 Å². The molecule has 0 aromatic heterocycles. The zero-order chi connectivity index (χ0) is 24.6. The van der Waals surface area contributed by atoms with Gasteiger partial charge in [-0.2, -0.15) is 12.6 Å². The molecular formula is C24H37N3O4S.